The van der Waals surface area contributed by atoms with Crippen LogP contribution in [0.3, 0.4) is 0 Å². The Labute approximate surface area is 241 Å². The van der Waals surface area contributed by atoms with E-state index >= 15 is 0 Å². The zero-order valence-corrected chi connectivity index (χ0v) is 24.2. The highest BCUT2D eigenvalue weighted by molar-refractivity contribution is 5.95. The van der Waals surface area contributed by atoms with Crippen LogP contribution in [0.2, 0.25) is 0 Å². The van der Waals surface area contributed by atoms with Gasteiger partial charge in [0.25, 0.3) is 0 Å². The lowest BCUT2D eigenvalue weighted by atomic mass is 9.98. The van der Waals surface area contributed by atoms with Gasteiger partial charge in [-0.3, -0.25) is 14.4 Å². The Kier molecular flexibility index (Phi) is 11.6. The number of hydrogen-bond acceptors (Lipinski definition) is 5. The number of benzene rings is 2. The van der Waals surface area contributed by atoms with Crippen molar-refractivity contribution in [3.8, 4) is 5.75 Å². The zero-order chi connectivity index (χ0) is 31.9. The fourth-order valence-corrected chi connectivity index (χ4v) is 4.09. The topological polar surface area (TPSA) is 105 Å². The van der Waals surface area contributed by atoms with E-state index in [1.54, 1.807) is 38.1 Å². The largest absolute Gasteiger partial charge is 0.497 e. The first-order valence-corrected chi connectivity index (χ1v) is 12.9. The van der Waals surface area contributed by atoms with Crippen LogP contribution in [-0.2, 0) is 27.2 Å². The Hall–Kier alpha value is -4.00. The molecule has 230 valence electrons. The van der Waals surface area contributed by atoms with E-state index < -0.39 is 76.4 Å². The number of nitrogens with one attached hydrogen (secondary N) is 1. The molecule has 0 bridgehead atoms. The first-order valence-electron chi connectivity index (χ1n) is 12.9. The van der Waals surface area contributed by atoms with Crippen LogP contribution >= 0.6 is 0 Å². The lowest BCUT2D eigenvalue weighted by Gasteiger charge is -2.34. The summed E-state index contributed by atoms with van der Waals surface area (Å²) in [5, 5.41) is 2.44. The van der Waals surface area contributed by atoms with E-state index in [2.05, 4.69) is 5.32 Å². The van der Waals surface area contributed by atoms with Crippen LogP contribution in [0.5, 0.6) is 5.75 Å². The van der Waals surface area contributed by atoms with Gasteiger partial charge in [0.15, 0.2) is 23.3 Å². The number of carbonyl (C=O) groups is 3. The maximum Gasteiger partial charge on any atom is 0.246 e. The zero-order valence-electron chi connectivity index (χ0n) is 24.2. The van der Waals surface area contributed by atoms with Crippen molar-refractivity contribution in [2.75, 3.05) is 28.3 Å². The highest BCUT2D eigenvalue weighted by Gasteiger charge is 2.37. The molecular weight excluding hydrogens is 563 g/mol. The van der Waals surface area contributed by atoms with Gasteiger partial charge in [-0.05, 0) is 44.0 Å². The molecule has 2 aromatic carbocycles. The van der Waals surface area contributed by atoms with Gasteiger partial charge in [-0.25, -0.2) is 22.0 Å². The van der Waals surface area contributed by atoms with Crippen molar-refractivity contribution in [1.29, 1.82) is 0 Å². The third-order valence-electron chi connectivity index (χ3n) is 6.66. The van der Waals surface area contributed by atoms with Crippen molar-refractivity contribution in [1.82, 2.24) is 15.1 Å². The predicted octanol–water partition coefficient (Wildman–Crippen LogP) is 3.26. The minimum Gasteiger partial charge on any atom is -0.497 e. The molecule has 42 heavy (non-hydrogen) atoms. The fraction of sp³-hybridized carbons (Fsp3) is 0.414. The van der Waals surface area contributed by atoms with Crippen LogP contribution in [0, 0.1) is 29.1 Å². The summed E-state index contributed by atoms with van der Waals surface area (Å²) in [7, 11) is 5.19. The van der Waals surface area contributed by atoms with Crippen LogP contribution in [0.1, 0.15) is 31.4 Å². The number of likely N-dealkylation sites (N-methyl/N-ethyl adjacent to an activating group) is 3. The standard InChI is InChI=1S/C29H35F5N4O4/c1-29(2,35)13-7-8-21(39)37(4)20(15-18-22(30)24(32)26(34)25(33)23(18)31)28(41)38(5)19(27(40)36-3)14-16-9-11-17(42-6)12-10-16/h7-12,19-20H,13-15,35H2,1-6H3,(H,36,40)/t19-,20-/m1/s1. The molecule has 0 saturated heterocycles. The molecule has 0 aliphatic rings. The SMILES string of the molecule is CNC(=O)[C@@H](Cc1ccc(OC)cc1)N(C)C(=O)[C@@H](Cc1c(F)c(F)c(F)c(F)c1F)N(C)C(=O)C=CCC(C)(C)N. The smallest absolute Gasteiger partial charge is 0.246 e. The number of methoxy groups -OCH3 is 1. The molecule has 0 heterocycles. The highest BCUT2D eigenvalue weighted by atomic mass is 19.2. The number of nitrogens with zero attached hydrogens (tertiary/aromatic N) is 2. The van der Waals surface area contributed by atoms with Crippen molar-refractivity contribution in [2.24, 2.45) is 5.73 Å². The second-order valence-corrected chi connectivity index (χ2v) is 10.4. The predicted molar refractivity (Wildman–Crippen MR) is 146 cm³/mol. The van der Waals surface area contributed by atoms with E-state index in [4.69, 9.17) is 10.5 Å². The van der Waals surface area contributed by atoms with Crippen LogP contribution in [0.4, 0.5) is 22.0 Å². The highest BCUT2D eigenvalue weighted by Crippen LogP contribution is 2.26. The van der Waals surface area contributed by atoms with E-state index in [1.165, 1.54) is 27.3 Å². The van der Waals surface area contributed by atoms with Crippen molar-refractivity contribution in [2.45, 2.75) is 50.7 Å². The Morgan fingerprint density at radius 2 is 1.43 bits per heavy atom. The minimum absolute atomic E-state index is 0.00962. The number of ether oxygens (including phenoxy) is 1. The summed E-state index contributed by atoms with van der Waals surface area (Å²) in [5.41, 5.74) is 4.57. The molecule has 0 fully saturated rings. The lowest BCUT2D eigenvalue weighted by molar-refractivity contribution is -0.146. The molecule has 0 radical (unpaired) electrons. The Morgan fingerprint density at radius 1 is 0.905 bits per heavy atom. The molecule has 2 aromatic rings. The third-order valence-corrected chi connectivity index (χ3v) is 6.66. The molecule has 0 aliphatic heterocycles. The summed E-state index contributed by atoms with van der Waals surface area (Å²) in [4.78, 5) is 41.4. The fourth-order valence-electron chi connectivity index (χ4n) is 4.09. The number of halogens is 5. The maximum atomic E-state index is 14.7. The molecule has 0 spiro atoms. The van der Waals surface area contributed by atoms with Crippen molar-refractivity contribution >= 4 is 17.7 Å². The van der Waals surface area contributed by atoms with Gasteiger partial charge in [0.1, 0.15) is 17.8 Å². The molecule has 0 aliphatic carbocycles. The average molecular weight is 599 g/mol. The van der Waals surface area contributed by atoms with Crippen LogP contribution < -0.4 is 15.8 Å². The summed E-state index contributed by atoms with van der Waals surface area (Å²) in [6.07, 6.45) is 1.69. The van der Waals surface area contributed by atoms with E-state index in [0.717, 1.165) is 22.9 Å². The number of hydrogen-bond donors (Lipinski definition) is 2. The molecule has 3 N–H and O–H groups in total. The van der Waals surface area contributed by atoms with Gasteiger partial charge in [0.05, 0.1) is 7.11 Å². The molecule has 0 unspecified atom stereocenters. The number of amides is 3. The summed E-state index contributed by atoms with van der Waals surface area (Å²) in [6.45, 7) is 3.41. The Balaban J connectivity index is 2.54. The van der Waals surface area contributed by atoms with Crippen LogP contribution in [-0.4, -0.2) is 73.4 Å². The first-order chi connectivity index (χ1) is 19.5. The Bertz CT molecular complexity index is 1300. The molecule has 13 heteroatoms. The van der Waals surface area contributed by atoms with Gasteiger partial charge in [0.2, 0.25) is 23.5 Å². The summed E-state index contributed by atoms with van der Waals surface area (Å²) in [5.74, 6) is -12.8. The molecule has 3 amide bonds. The van der Waals surface area contributed by atoms with E-state index in [9.17, 15) is 36.3 Å². The van der Waals surface area contributed by atoms with Gasteiger partial charge in [-0.1, -0.05) is 18.2 Å². The molecule has 0 saturated carbocycles. The maximum absolute atomic E-state index is 14.7. The second kappa shape index (κ2) is 14.3. The quantitative estimate of drug-likeness (QED) is 0.169. The van der Waals surface area contributed by atoms with Crippen LogP contribution in [0.15, 0.2) is 36.4 Å². The van der Waals surface area contributed by atoms with Gasteiger partial charge in [-0.15, -0.1) is 0 Å². The molecular formula is C29H35F5N4O4. The third kappa shape index (κ3) is 8.28. The summed E-state index contributed by atoms with van der Waals surface area (Å²) in [6, 6.07) is 3.68. The Morgan fingerprint density at radius 3 is 1.90 bits per heavy atom. The van der Waals surface area contributed by atoms with E-state index in [1.807, 2.05) is 0 Å². The molecule has 8 nitrogen and oxygen atoms in total. The monoisotopic (exact) mass is 598 g/mol. The van der Waals surface area contributed by atoms with E-state index in [0.29, 0.717) is 11.3 Å². The number of nitrogens with two attached hydrogens (primary N) is 1. The molecule has 0 aromatic heterocycles. The van der Waals surface area contributed by atoms with Gasteiger partial charge in [-0.2, -0.15) is 0 Å². The summed E-state index contributed by atoms with van der Waals surface area (Å²) < 4.78 is 76.2. The van der Waals surface area contributed by atoms with E-state index in [-0.39, 0.29) is 12.8 Å². The van der Waals surface area contributed by atoms with Crippen LogP contribution in [0.25, 0.3) is 0 Å². The van der Waals surface area contributed by atoms with Crippen molar-refractivity contribution in [3.05, 3.63) is 76.6 Å². The lowest BCUT2D eigenvalue weighted by Crippen LogP contribution is -2.55. The molecule has 2 rings (SSSR count). The average Bonchev–Trinajstić information content (AvgIpc) is 2.96. The van der Waals surface area contributed by atoms with Crippen molar-refractivity contribution in [3.63, 3.8) is 0 Å². The minimum atomic E-state index is -2.36. The molecule has 2 atom stereocenters. The van der Waals surface area contributed by atoms with Crippen molar-refractivity contribution < 1.29 is 41.1 Å². The number of rotatable bonds is 12. The number of carbonyl (C=O) groups excluding carboxylic acids is 3. The normalized spacial score (nSPS) is 13.0. The van der Waals surface area contributed by atoms with Gasteiger partial charge < -0.3 is 25.6 Å². The summed E-state index contributed by atoms with van der Waals surface area (Å²) >= 11 is 0. The van der Waals surface area contributed by atoms with Gasteiger partial charge >= 0.3 is 0 Å². The second-order valence-electron chi connectivity index (χ2n) is 10.4. The first kappa shape index (κ1) is 34.2. The van der Waals surface area contributed by atoms with Gasteiger partial charge in [0, 0.05) is 45.1 Å².